The van der Waals surface area contributed by atoms with Crippen molar-refractivity contribution in [2.24, 2.45) is 0 Å². The van der Waals surface area contributed by atoms with Crippen molar-refractivity contribution in [1.29, 1.82) is 0 Å². The van der Waals surface area contributed by atoms with E-state index in [1.807, 2.05) is 13.0 Å². The van der Waals surface area contributed by atoms with Crippen molar-refractivity contribution in [2.45, 2.75) is 32.2 Å². The van der Waals surface area contributed by atoms with Crippen LogP contribution in [0.3, 0.4) is 0 Å². The summed E-state index contributed by atoms with van der Waals surface area (Å²) >= 11 is 0. The summed E-state index contributed by atoms with van der Waals surface area (Å²) in [5.41, 5.74) is 0.987. The molecule has 0 saturated carbocycles. The van der Waals surface area contributed by atoms with Gasteiger partial charge in [-0.15, -0.1) is 0 Å². The van der Waals surface area contributed by atoms with Gasteiger partial charge in [-0.1, -0.05) is 6.92 Å². The van der Waals surface area contributed by atoms with Crippen LogP contribution in [0, 0.1) is 0 Å². The molecule has 2 heterocycles. The fourth-order valence-electron chi connectivity index (χ4n) is 3.17. The van der Waals surface area contributed by atoms with E-state index < -0.39 is 5.63 Å². The normalized spacial score (nSPS) is 17.4. The lowest BCUT2D eigenvalue weighted by molar-refractivity contribution is -0.134. The minimum atomic E-state index is -0.393. The van der Waals surface area contributed by atoms with E-state index in [1.54, 1.807) is 17.0 Å². The molecule has 128 valence electrons. The van der Waals surface area contributed by atoms with Gasteiger partial charge in [-0.05, 0) is 37.0 Å². The molecule has 1 fully saturated rings. The fourth-order valence-corrected chi connectivity index (χ4v) is 3.17. The number of aliphatic hydroxyl groups excluding tert-OH is 1. The molecule has 0 aliphatic carbocycles. The highest BCUT2D eigenvalue weighted by Crippen LogP contribution is 2.23. The van der Waals surface area contributed by atoms with Crippen molar-refractivity contribution in [3.05, 3.63) is 40.2 Å². The van der Waals surface area contributed by atoms with Gasteiger partial charge in [-0.3, -0.25) is 4.79 Å². The molecule has 1 amide bonds. The van der Waals surface area contributed by atoms with Crippen molar-refractivity contribution < 1.29 is 19.1 Å². The zero-order chi connectivity index (χ0) is 17.1. The molecule has 6 heteroatoms. The third kappa shape index (κ3) is 3.28. The first-order valence-corrected chi connectivity index (χ1v) is 8.22. The number of nitrogens with zero attached hydrogens (tertiary/aromatic N) is 1. The van der Waals surface area contributed by atoms with Gasteiger partial charge in [0.2, 0.25) is 0 Å². The molecule has 1 aliphatic heterocycles. The lowest BCUT2D eigenvalue weighted by Crippen LogP contribution is -2.40. The summed E-state index contributed by atoms with van der Waals surface area (Å²) < 4.78 is 10.8. The van der Waals surface area contributed by atoms with Crippen LogP contribution < -0.4 is 10.4 Å². The largest absolute Gasteiger partial charge is 0.484 e. The van der Waals surface area contributed by atoms with Crippen molar-refractivity contribution >= 4 is 16.9 Å². The van der Waals surface area contributed by atoms with Crippen molar-refractivity contribution in [3.63, 3.8) is 0 Å². The van der Waals surface area contributed by atoms with Crippen LogP contribution >= 0.6 is 0 Å². The standard InChI is InChI=1S/C18H21NO5/c1-2-12-8-18(22)24-16-9-14(5-6-15(12)16)23-11-17(21)19-7-3-4-13(19)10-20/h5-6,8-9,13,20H,2-4,7,10-11H2,1H3/t13-/m1/s1. The SMILES string of the molecule is CCc1cc(=O)oc2cc(OCC(=O)N3CCC[C@@H]3CO)ccc12. The molecular formula is C18H21NO5. The first kappa shape index (κ1) is 16.5. The number of aryl methyl sites for hydroxylation is 1. The minimum Gasteiger partial charge on any atom is -0.484 e. The third-order valence-electron chi connectivity index (χ3n) is 4.45. The number of ether oxygens (including phenoxy) is 1. The quantitative estimate of drug-likeness (QED) is 0.844. The Morgan fingerprint density at radius 3 is 3.00 bits per heavy atom. The lowest BCUT2D eigenvalue weighted by Gasteiger charge is -2.22. The number of benzene rings is 1. The highest BCUT2D eigenvalue weighted by Gasteiger charge is 2.28. The van der Waals surface area contributed by atoms with E-state index in [4.69, 9.17) is 9.15 Å². The van der Waals surface area contributed by atoms with Crippen LogP contribution in [0.15, 0.2) is 33.5 Å². The topological polar surface area (TPSA) is 80.0 Å². The zero-order valence-corrected chi connectivity index (χ0v) is 13.7. The van der Waals surface area contributed by atoms with Gasteiger partial charge in [0, 0.05) is 24.1 Å². The molecule has 3 rings (SSSR count). The van der Waals surface area contributed by atoms with Crippen LogP contribution in [0.5, 0.6) is 5.75 Å². The molecule has 0 radical (unpaired) electrons. The second-order valence-electron chi connectivity index (χ2n) is 5.96. The Bertz CT molecular complexity index is 798. The number of rotatable bonds is 5. The van der Waals surface area contributed by atoms with Crippen LogP contribution in [0.2, 0.25) is 0 Å². The number of hydrogen-bond donors (Lipinski definition) is 1. The van der Waals surface area contributed by atoms with Crippen molar-refractivity contribution in [3.8, 4) is 5.75 Å². The monoisotopic (exact) mass is 331 g/mol. The van der Waals surface area contributed by atoms with Crippen LogP contribution in [0.1, 0.15) is 25.3 Å². The van der Waals surface area contributed by atoms with Gasteiger partial charge in [-0.2, -0.15) is 0 Å². The highest BCUT2D eigenvalue weighted by atomic mass is 16.5. The average Bonchev–Trinajstić information content (AvgIpc) is 3.07. The van der Waals surface area contributed by atoms with Crippen molar-refractivity contribution in [1.82, 2.24) is 4.90 Å². The number of fused-ring (bicyclic) bond motifs is 1. The minimum absolute atomic E-state index is 0.0212. The molecular weight excluding hydrogens is 310 g/mol. The molecule has 1 saturated heterocycles. The molecule has 1 aromatic heterocycles. The van der Waals surface area contributed by atoms with Crippen LogP contribution in [-0.4, -0.2) is 41.7 Å². The van der Waals surface area contributed by atoms with Gasteiger partial charge < -0.3 is 19.2 Å². The maximum absolute atomic E-state index is 12.2. The maximum atomic E-state index is 12.2. The molecule has 0 spiro atoms. The number of aliphatic hydroxyl groups is 1. The number of amides is 1. The van der Waals surface area contributed by atoms with E-state index in [2.05, 4.69) is 0 Å². The summed E-state index contributed by atoms with van der Waals surface area (Å²) in [4.78, 5) is 25.5. The van der Waals surface area contributed by atoms with Gasteiger partial charge in [0.05, 0.1) is 12.6 Å². The molecule has 0 unspecified atom stereocenters. The summed E-state index contributed by atoms with van der Waals surface area (Å²) in [7, 11) is 0. The van der Waals surface area contributed by atoms with E-state index in [9.17, 15) is 14.7 Å². The van der Waals surface area contributed by atoms with Crippen LogP contribution in [0.25, 0.3) is 11.0 Å². The van der Waals surface area contributed by atoms with E-state index in [1.165, 1.54) is 6.07 Å². The van der Waals surface area contributed by atoms with E-state index in [0.29, 0.717) is 17.9 Å². The predicted molar refractivity (Wildman–Crippen MR) is 89.2 cm³/mol. The van der Waals surface area contributed by atoms with Gasteiger partial charge >= 0.3 is 5.63 Å². The highest BCUT2D eigenvalue weighted by molar-refractivity contribution is 5.82. The molecule has 0 bridgehead atoms. The Morgan fingerprint density at radius 1 is 1.42 bits per heavy atom. The molecule has 1 aliphatic rings. The molecule has 1 aromatic carbocycles. The first-order valence-electron chi connectivity index (χ1n) is 8.22. The van der Waals surface area contributed by atoms with Gasteiger partial charge in [0.25, 0.3) is 5.91 Å². The second kappa shape index (κ2) is 7.05. The predicted octanol–water partition coefficient (Wildman–Crippen LogP) is 1.72. The van der Waals surface area contributed by atoms with Gasteiger partial charge in [0.1, 0.15) is 11.3 Å². The van der Waals surface area contributed by atoms with E-state index in [0.717, 1.165) is 30.2 Å². The Balaban J connectivity index is 1.74. The molecule has 6 nitrogen and oxygen atoms in total. The number of carbonyl (C=O) groups excluding carboxylic acids is 1. The van der Waals surface area contributed by atoms with Gasteiger partial charge in [0.15, 0.2) is 6.61 Å². The summed E-state index contributed by atoms with van der Waals surface area (Å²) in [5, 5.41) is 10.2. The zero-order valence-electron chi connectivity index (χ0n) is 13.7. The fraction of sp³-hybridized carbons (Fsp3) is 0.444. The van der Waals surface area contributed by atoms with Crippen molar-refractivity contribution in [2.75, 3.05) is 19.8 Å². The van der Waals surface area contributed by atoms with Crippen LogP contribution in [-0.2, 0) is 11.2 Å². The Labute approximate surface area is 139 Å². The average molecular weight is 331 g/mol. The summed E-state index contributed by atoms with van der Waals surface area (Å²) in [5.74, 6) is 0.336. The molecule has 24 heavy (non-hydrogen) atoms. The second-order valence-corrected chi connectivity index (χ2v) is 5.96. The lowest BCUT2D eigenvalue weighted by atomic mass is 10.1. The third-order valence-corrected chi connectivity index (χ3v) is 4.45. The summed E-state index contributed by atoms with van der Waals surface area (Å²) in [6.45, 7) is 2.51. The summed E-state index contributed by atoms with van der Waals surface area (Å²) in [6.07, 6.45) is 2.46. The molecule has 1 N–H and O–H groups in total. The van der Waals surface area contributed by atoms with Crippen LogP contribution in [0.4, 0.5) is 0 Å². The maximum Gasteiger partial charge on any atom is 0.336 e. The van der Waals surface area contributed by atoms with E-state index >= 15 is 0 Å². The van der Waals surface area contributed by atoms with Gasteiger partial charge in [-0.25, -0.2) is 4.79 Å². The first-order chi connectivity index (χ1) is 11.6. The smallest absolute Gasteiger partial charge is 0.336 e. The molecule has 2 aromatic rings. The molecule has 1 atom stereocenters. The van der Waals surface area contributed by atoms with E-state index in [-0.39, 0.29) is 25.2 Å². The summed E-state index contributed by atoms with van der Waals surface area (Å²) in [6, 6.07) is 6.62. The number of carbonyl (C=O) groups is 1. The number of hydrogen-bond acceptors (Lipinski definition) is 5. The Hall–Kier alpha value is -2.34. The Morgan fingerprint density at radius 2 is 2.25 bits per heavy atom. The number of likely N-dealkylation sites (tertiary alicyclic amines) is 1. The Kier molecular flexibility index (Phi) is 4.85.